The molecule has 3 aromatic heterocycles. The summed E-state index contributed by atoms with van der Waals surface area (Å²) in [6.07, 6.45) is 3.31. The molecule has 0 unspecified atom stereocenters. The fourth-order valence-corrected chi connectivity index (χ4v) is 3.86. The van der Waals surface area contributed by atoms with Gasteiger partial charge >= 0.3 is 0 Å². The van der Waals surface area contributed by atoms with Crippen LogP contribution in [0.2, 0.25) is 0 Å². The fraction of sp³-hybridized carbons (Fsp3) is 0.0625. The number of nitrogens with one attached hydrogen (secondary N) is 1. The predicted octanol–water partition coefficient (Wildman–Crippen LogP) is 3.80. The summed E-state index contributed by atoms with van der Waals surface area (Å²) in [4.78, 5) is 22.6. The Morgan fingerprint density at radius 2 is 1.96 bits per heavy atom. The largest absolute Gasteiger partial charge is 0.387 e. The van der Waals surface area contributed by atoms with Crippen LogP contribution in [0.4, 0.5) is 5.69 Å². The van der Waals surface area contributed by atoms with Crippen LogP contribution in [0.25, 0.3) is 26.1 Å². The van der Waals surface area contributed by atoms with Crippen molar-refractivity contribution in [2.75, 3.05) is 12.4 Å². The van der Waals surface area contributed by atoms with Gasteiger partial charge < -0.3 is 5.32 Å². The Balaban J connectivity index is 2.04. The van der Waals surface area contributed by atoms with E-state index in [2.05, 4.69) is 31.2 Å². The molecule has 4 aromatic rings. The Bertz CT molecular complexity index is 1090. The molecule has 0 amide bonds. The second kappa shape index (κ2) is 5.43. The van der Waals surface area contributed by atoms with Gasteiger partial charge in [0.05, 0.1) is 16.6 Å². The molecule has 0 saturated heterocycles. The number of rotatable bonds is 2. The molecule has 114 valence electrons. The highest BCUT2D eigenvalue weighted by Crippen LogP contribution is 2.33. The minimum atomic E-state index is -0.0811. The van der Waals surface area contributed by atoms with Crippen LogP contribution in [-0.2, 0) is 0 Å². The summed E-state index contributed by atoms with van der Waals surface area (Å²) < 4.78 is 3.14. The van der Waals surface area contributed by atoms with Crippen LogP contribution in [0.3, 0.4) is 0 Å². The minimum Gasteiger partial charge on any atom is -0.387 e. The van der Waals surface area contributed by atoms with Crippen molar-refractivity contribution in [2.45, 2.75) is 0 Å². The number of anilines is 1. The third kappa shape index (κ3) is 2.24. The van der Waals surface area contributed by atoms with Crippen LogP contribution in [0.1, 0.15) is 0 Å². The molecule has 5 nitrogen and oxygen atoms in total. The lowest BCUT2D eigenvalue weighted by atomic mass is 10.2. The van der Waals surface area contributed by atoms with Gasteiger partial charge in [-0.05, 0) is 30.3 Å². The summed E-state index contributed by atoms with van der Waals surface area (Å²) in [5.74, 6) is 0. The SMILES string of the molecule is CNc1ccnc2sc3c(=O)n(-c4ccc(Br)cc4)cnc3c12. The van der Waals surface area contributed by atoms with E-state index < -0.39 is 0 Å². The molecule has 4 rings (SSSR count). The number of fused-ring (bicyclic) bond motifs is 3. The highest BCUT2D eigenvalue weighted by atomic mass is 79.9. The first-order valence-corrected chi connectivity index (χ1v) is 8.52. The Morgan fingerprint density at radius 1 is 1.17 bits per heavy atom. The van der Waals surface area contributed by atoms with Gasteiger partial charge in [-0.3, -0.25) is 9.36 Å². The van der Waals surface area contributed by atoms with Crippen molar-refractivity contribution < 1.29 is 0 Å². The Kier molecular flexibility index (Phi) is 3.39. The van der Waals surface area contributed by atoms with Gasteiger partial charge in [-0.25, -0.2) is 9.97 Å². The molecule has 0 saturated carbocycles. The topological polar surface area (TPSA) is 59.8 Å². The van der Waals surface area contributed by atoms with Gasteiger partial charge in [0.2, 0.25) is 0 Å². The van der Waals surface area contributed by atoms with E-state index in [-0.39, 0.29) is 5.56 Å². The van der Waals surface area contributed by atoms with Crippen molar-refractivity contribution >= 4 is 53.4 Å². The van der Waals surface area contributed by atoms with Crippen molar-refractivity contribution in [3.8, 4) is 5.69 Å². The average molecular weight is 387 g/mol. The molecule has 1 aromatic carbocycles. The van der Waals surface area contributed by atoms with Gasteiger partial charge in [0, 0.05) is 23.4 Å². The van der Waals surface area contributed by atoms with Crippen LogP contribution in [0.15, 0.2) is 52.1 Å². The second-order valence-corrected chi connectivity index (χ2v) is 6.88. The first-order chi connectivity index (χ1) is 11.2. The lowest BCUT2D eigenvalue weighted by Gasteiger charge is -2.05. The summed E-state index contributed by atoms with van der Waals surface area (Å²) in [5, 5.41) is 4.03. The van der Waals surface area contributed by atoms with Gasteiger partial charge in [-0.1, -0.05) is 15.9 Å². The molecular formula is C16H11BrN4OS. The van der Waals surface area contributed by atoms with E-state index in [1.54, 1.807) is 17.1 Å². The van der Waals surface area contributed by atoms with E-state index >= 15 is 0 Å². The average Bonchev–Trinajstić information content (AvgIpc) is 2.96. The number of pyridine rings is 1. The van der Waals surface area contributed by atoms with Gasteiger partial charge in [-0.2, -0.15) is 0 Å². The lowest BCUT2D eigenvalue weighted by molar-refractivity contribution is 0.967. The molecule has 1 N–H and O–H groups in total. The van der Waals surface area contributed by atoms with E-state index in [0.717, 1.165) is 26.1 Å². The maximum Gasteiger partial charge on any atom is 0.275 e. The zero-order valence-electron chi connectivity index (χ0n) is 12.1. The Morgan fingerprint density at radius 3 is 2.70 bits per heavy atom. The molecule has 0 aliphatic carbocycles. The van der Waals surface area contributed by atoms with Crippen molar-refractivity contribution in [3.63, 3.8) is 0 Å². The second-order valence-electron chi connectivity index (χ2n) is 4.96. The van der Waals surface area contributed by atoms with E-state index in [0.29, 0.717) is 10.2 Å². The Hall–Kier alpha value is -2.25. The number of hydrogen-bond acceptors (Lipinski definition) is 5. The van der Waals surface area contributed by atoms with Crippen molar-refractivity contribution in [1.29, 1.82) is 0 Å². The summed E-state index contributed by atoms with van der Waals surface area (Å²) in [7, 11) is 1.85. The molecule has 0 atom stereocenters. The summed E-state index contributed by atoms with van der Waals surface area (Å²) in [6.45, 7) is 0. The molecule has 7 heteroatoms. The van der Waals surface area contributed by atoms with Crippen LogP contribution < -0.4 is 10.9 Å². The molecular weight excluding hydrogens is 376 g/mol. The molecule has 0 fully saturated rings. The third-order valence-corrected chi connectivity index (χ3v) is 5.26. The van der Waals surface area contributed by atoms with Crippen LogP contribution in [0, 0.1) is 0 Å². The minimum absolute atomic E-state index is 0.0811. The zero-order valence-corrected chi connectivity index (χ0v) is 14.5. The highest BCUT2D eigenvalue weighted by Gasteiger charge is 2.15. The number of benzene rings is 1. The molecule has 3 heterocycles. The normalized spacial score (nSPS) is 11.2. The number of hydrogen-bond donors (Lipinski definition) is 1. The van der Waals surface area contributed by atoms with Crippen molar-refractivity contribution in [3.05, 3.63) is 57.7 Å². The molecule has 0 radical (unpaired) electrons. The summed E-state index contributed by atoms with van der Waals surface area (Å²) in [5.41, 5.74) is 2.32. The first kappa shape index (κ1) is 14.3. The monoisotopic (exact) mass is 386 g/mol. The predicted molar refractivity (Wildman–Crippen MR) is 97.8 cm³/mol. The van der Waals surface area contributed by atoms with Gasteiger partial charge in [0.25, 0.3) is 5.56 Å². The summed E-state index contributed by atoms with van der Waals surface area (Å²) in [6, 6.07) is 9.44. The summed E-state index contributed by atoms with van der Waals surface area (Å²) >= 11 is 4.77. The number of thiophene rings is 1. The van der Waals surface area contributed by atoms with Gasteiger partial charge in [0.15, 0.2) is 0 Å². The Labute approximate surface area is 143 Å². The standard InChI is InChI=1S/C16H11BrN4OS/c1-18-11-6-7-19-15-12(11)13-14(23-15)16(22)21(8-20-13)10-4-2-9(17)3-5-10/h2-8H,1H3,(H,18,19). The lowest BCUT2D eigenvalue weighted by Crippen LogP contribution is -2.17. The van der Waals surface area contributed by atoms with Crippen molar-refractivity contribution in [1.82, 2.24) is 14.5 Å². The fourth-order valence-electron chi connectivity index (χ4n) is 2.55. The maximum absolute atomic E-state index is 12.9. The van der Waals surface area contributed by atoms with Crippen LogP contribution >= 0.6 is 27.3 Å². The maximum atomic E-state index is 12.9. The van der Waals surface area contributed by atoms with Crippen LogP contribution in [-0.4, -0.2) is 21.6 Å². The highest BCUT2D eigenvalue weighted by molar-refractivity contribution is 9.10. The number of halogens is 1. The molecule has 0 bridgehead atoms. The van der Waals surface area contributed by atoms with E-state index in [1.165, 1.54) is 11.3 Å². The smallest absolute Gasteiger partial charge is 0.275 e. The molecule has 0 spiro atoms. The third-order valence-electron chi connectivity index (χ3n) is 3.66. The number of aromatic nitrogens is 3. The molecule has 23 heavy (non-hydrogen) atoms. The molecule has 0 aliphatic heterocycles. The van der Waals surface area contributed by atoms with Crippen molar-refractivity contribution in [2.24, 2.45) is 0 Å². The first-order valence-electron chi connectivity index (χ1n) is 6.91. The van der Waals surface area contributed by atoms with E-state index in [1.807, 2.05) is 37.4 Å². The molecule has 0 aliphatic rings. The van der Waals surface area contributed by atoms with E-state index in [4.69, 9.17) is 0 Å². The van der Waals surface area contributed by atoms with Crippen LogP contribution in [0.5, 0.6) is 0 Å². The van der Waals surface area contributed by atoms with E-state index in [9.17, 15) is 4.79 Å². The quantitative estimate of drug-likeness (QED) is 0.569. The number of nitrogens with zero attached hydrogens (tertiary/aromatic N) is 3. The van der Waals surface area contributed by atoms with Gasteiger partial charge in [0.1, 0.15) is 15.9 Å². The zero-order chi connectivity index (χ0) is 16.0. The van der Waals surface area contributed by atoms with Gasteiger partial charge in [-0.15, -0.1) is 11.3 Å².